The fraction of sp³-hybridized carbons (Fsp3) is 1.00. The van der Waals surface area contributed by atoms with Crippen LogP contribution in [0.1, 0.15) is 1.43 Å². The van der Waals surface area contributed by atoms with Crippen LogP contribution in [-0.4, -0.2) is 29.7 Å². The van der Waals surface area contributed by atoms with Gasteiger partial charge in [0.25, 0.3) is 6.43 Å². The summed E-state index contributed by atoms with van der Waals surface area (Å²) in [5.41, 5.74) is 0. The van der Waals surface area contributed by atoms with E-state index in [9.17, 15) is 30.7 Å². The summed E-state index contributed by atoms with van der Waals surface area (Å²) in [6.45, 7) is 0. The second-order valence-corrected chi connectivity index (χ2v) is 1.90. The Morgan fingerprint density at radius 2 is 1.31 bits per heavy atom. The molecule has 1 unspecified atom stereocenters. The molecule has 0 fully saturated rings. The Kier molecular flexibility index (Phi) is 5.41. The Bertz CT molecular complexity index is 160. The van der Waals surface area contributed by atoms with Crippen LogP contribution in [0.15, 0.2) is 0 Å². The maximum absolute atomic E-state index is 11.7. The van der Waals surface area contributed by atoms with E-state index in [1.54, 1.807) is 0 Å². The first-order valence-electron chi connectivity index (χ1n) is 2.51. The molecule has 0 aromatic rings. The number of hydrogen-bond acceptors (Lipinski definition) is 1. The van der Waals surface area contributed by atoms with Gasteiger partial charge in [-0.25, -0.2) is 13.2 Å². The molecule has 1 N–H and O–H groups in total. The predicted octanol–water partition coefficient (Wildman–Crippen LogP) is -1.07. The minimum Gasteiger partial charge on any atom is -1.00 e. The zero-order valence-corrected chi connectivity index (χ0v) is 6.25. The van der Waals surface area contributed by atoms with Gasteiger partial charge in [0.1, 0.15) is 0 Å². The van der Waals surface area contributed by atoms with Crippen molar-refractivity contribution in [2.24, 2.45) is 0 Å². The molecule has 0 radical (unpaired) electrons. The van der Waals surface area contributed by atoms with E-state index in [1.165, 1.54) is 0 Å². The van der Waals surface area contributed by atoms with Gasteiger partial charge < -0.3 is 6.53 Å². The van der Waals surface area contributed by atoms with Crippen molar-refractivity contribution >= 4 is 0 Å². The third-order valence-electron chi connectivity index (χ3n) is 0.969. The van der Waals surface area contributed by atoms with Crippen LogP contribution in [0.25, 0.3) is 0 Å². The fourth-order valence-electron chi connectivity index (χ4n) is 0.324. The molecule has 0 bridgehead atoms. The Morgan fingerprint density at radius 3 is 1.38 bits per heavy atom. The van der Waals surface area contributed by atoms with E-state index in [2.05, 4.69) is 0 Å². The summed E-state index contributed by atoms with van der Waals surface area (Å²) in [5.74, 6) is -5.78. The quantitative estimate of drug-likeness (QED) is 0.462. The van der Waals surface area contributed by atoms with Crippen LogP contribution < -0.4 is 18.9 Å². The molecule has 0 aromatic carbocycles. The average molecular weight is 208 g/mol. The van der Waals surface area contributed by atoms with Crippen molar-refractivity contribution < 1.29 is 56.1 Å². The number of halogens is 7. The summed E-state index contributed by atoms with van der Waals surface area (Å²) < 4.78 is 80.1. The zero-order valence-electron chi connectivity index (χ0n) is 7.25. The molecule has 0 aliphatic rings. The number of alkyl halides is 7. The average Bonchev–Trinajstić information content (AvgIpc) is 1.83. The monoisotopic (exact) mass is 208 g/mol. The van der Waals surface area contributed by atoms with Gasteiger partial charge in [0.15, 0.2) is 0 Å². The Hall–Kier alpha value is 0.0674. The van der Waals surface area contributed by atoms with Gasteiger partial charge in [0, 0.05) is 0 Å². The molecule has 0 saturated carbocycles. The van der Waals surface area contributed by atoms with E-state index in [1.807, 2.05) is 0 Å². The van der Waals surface area contributed by atoms with Crippen molar-refractivity contribution in [2.75, 3.05) is 0 Å². The maximum atomic E-state index is 11.7. The van der Waals surface area contributed by atoms with Crippen molar-refractivity contribution in [1.82, 2.24) is 0 Å². The van der Waals surface area contributed by atoms with E-state index in [0.717, 1.165) is 0 Å². The largest absolute Gasteiger partial charge is 1.00 e. The molecule has 0 saturated heterocycles. The summed E-state index contributed by atoms with van der Waals surface area (Å²) in [6.07, 6.45) is -14.5. The van der Waals surface area contributed by atoms with Crippen LogP contribution in [0.2, 0.25) is 0 Å². The van der Waals surface area contributed by atoms with Crippen molar-refractivity contribution in [3.63, 3.8) is 0 Å². The van der Waals surface area contributed by atoms with Gasteiger partial charge in [-0.05, 0) is 0 Å². The van der Waals surface area contributed by atoms with Gasteiger partial charge in [0.05, 0.1) is 0 Å². The van der Waals surface area contributed by atoms with Gasteiger partial charge >= 0.3 is 30.9 Å². The molecule has 0 spiro atoms. The smallest absolute Gasteiger partial charge is 1.00 e. The Balaban J connectivity index is -0.000000605. The Labute approximate surface area is 81.6 Å². The first kappa shape index (κ1) is 15.5. The van der Waals surface area contributed by atoms with E-state index in [4.69, 9.17) is 5.11 Å². The molecule has 13 heavy (non-hydrogen) atoms. The molecular weight excluding hydrogens is 204 g/mol. The van der Waals surface area contributed by atoms with Gasteiger partial charge in [-0.15, -0.1) is 0 Å². The van der Waals surface area contributed by atoms with Crippen LogP contribution in [-0.2, 0) is 0 Å². The number of aliphatic hydroxyl groups is 1. The third-order valence-corrected chi connectivity index (χ3v) is 0.969. The van der Waals surface area contributed by atoms with Crippen molar-refractivity contribution in [3.05, 3.63) is 0 Å². The van der Waals surface area contributed by atoms with E-state index in [-0.39, 0.29) is 20.3 Å². The van der Waals surface area contributed by atoms with Crippen LogP contribution in [0, 0.1) is 0 Å². The number of hydrogen-bond donors (Lipinski definition) is 1. The molecule has 0 amide bonds. The molecule has 9 heteroatoms. The van der Waals surface area contributed by atoms with Crippen molar-refractivity contribution in [1.29, 1.82) is 0 Å². The molecule has 0 aliphatic carbocycles. The standard InChI is InChI=1S/C4H3F7O.Li.H/c5-1(2(6)7)3(8,9)4(10,11)12;;/h1-2,12H;;/q;+1;-1. The van der Waals surface area contributed by atoms with Crippen molar-refractivity contribution in [2.45, 2.75) is 24.6 Å². The molecule has 0 aromatic heterocycles. The van der Waals surface area contributed by atoms with E-state index in [0.29, 0.717) is 0 Å². The second-order valence-electron chi connectivity index (χ2n) is 1.90. The topological polar surface area (TPSA) is 20.2 Å². The van der Waals surface area contributed by atoms with Crippen LogP contribution in [0.4, 0.5) is 30.7 Å². The molecule has 0 heterocycles. The Morgan fingerprint density at radius 1 is 1.00 bits per heavy atom. The molecule has 0 rings (SSSR count). The first-order valence-corrected chi connectivity index (χ1v) is 2.51. The van der Waals surface area contributed by atoms with E-state index < -0.39 is 24.6 Å². The maximum Gasteiger partial charge on any atom is 1.00 e. The van der Waals surface area contributed by atoms with E-state index >= 15 is 0 Å². The minimum absolute atomic E-state index is 0. The van der Waals surface area contributed by atoms with Crippen LogP contribution >= 0.6 is 0 Å². The fourth-order valence-corrected chi connectivity index (χ4v) is 0.324. The third kappa shape index (κ3) is 3.36. The summed E-state index contributed by atoms with van der Waals surface area (Å²) in [5, 5.41) is 7.31. The number of rotatable bonds is 3. The molecule has 1 atom stereocenters. The summed E-state index contributed by atoms with van der Waals surface area (Å²) in [7, 11) is 0. The molecule has 0 aliphatic heterocycles. The van der Waals surface area contributed by atoms with Gasteiger partial charge in [-0.1, -0.05) is 0 Å². The summed E-state index contributed by atoms with van der Waals surface area (Å²) in [6, 6.07) is 0. The van der Waals surface area contributed by atoms with Gasteiger partial charge in [0.2, 0.25) is 6.17 Å². The molecule has 76 valence electrons. The predicted molar refractivity (Wildman–Crippen MR) is 24.1 cm³/mol. The SMILES string of the molecule is OC(F)(F)C(F)(F)C(F)C(F)F.[H-].[Li+]. The second kappa shape index (κ2) is 4.53. The van der Waals surface area contributed by atoms with Crippen LogP contribution in [0.3, 0.4) is 0 Å². The summed E-state index contributed by atoms with van der Waals surface area (Å²) in [4.78, 5) is 0. The van der Waals surface area contributed by atoms with Crippen molar-refractivity contribution in [3.8, 4) is 0 Å². The molecule has 1 nitrogen and oxygen atoms in total. The molecular formula is C4H4F7LiO. The minimum atomic E-state index is -5.79. The zero-order chi connectivity index (χ0) is 10.2. The van der Waals surface area contributed by atoms with Gasteiger partial charge in [-0.3, -0.25) is 0 Å². The normalized spacial score (nSPS) is 15.5. The summed E-state index contributed by atoms with van der Waals surface area (Å²) >= 11 is 0. The van der Waals surface area contributed by atoms with Crippen LogP contribution in [0.5, 0.6) is 0 Å². The van der Waals surface area contributed by atoms with Gasteiger partial charge in [-0.2, -0.15) is 17.6 Å². The first-order chi connectivity index (χ1) is 5.10.